The van der Waals surface area contributed by atoms with Gasteiger partial charge in [0.2, 0.25) is 5.88 Å². The van der Waals surface area contributed by atoms with Gasteiger partial charge in [-0.05, 0) is 57.1 Å². The molecule has 0 unspecified atom stereocenters. The molecule has 1 fully saturated rings. The summed E-state index contributed by atoms with van der Waals surface area (Å²) in [5, 5.41) is 7.62. The fraction of sp³-hybridized carbons (Fsp3) is 0.360. The maximum Gasteiger partial charge on any atom is 0.279 e. The topological polar surface area (TPSA) is 126 Å². The molecule has 1 aliphatic rings. The number of anilines is 1. The number of pyridine rings is 1. The van der Waals surface area contributed by atoms with E-state index in [-0.39, 0.29) is 25.5 Å². The van der Waals surface area contributed by atoms with Gasteiger partial charge in [-0.1, -0.05) is 19.9 Å². The molecule has 1 aliphatic heterocycles. The minimum absolute atomic E-state index is 0. The number of benzene rings is 1. The van der Waals surface area contributed by atoms with Crippen LogP contribution in [-0.2, 0) is 10.0 Å². The van der Waals surface area contributed by atoms with Gasteiger partial charge < -0.3 is 9.64 Å². The summed E-state index contributed by atoms with van der Waals surface area (Å²) in [5.41, 5.74) is 1.34. The number of sulfonamides is 1. The van der Waals surface area contributed by atoms with E-state index in [1.807, 2.05) is 20.8 Å². The van der Waals surface area contributed by atoms with Crippen molar-refractivity contribution in [3.05, 3.63) is 54.1 Å². The number of aromatic amines is 1. The van der Waals surface area contributed by atoms with Gasteiger partial charge in [0.15, 0.2) is 16.5 Å². The number of fused-ring (bicyclic) bond motifs is 1. The summed E-state index contributed by atoms with van der Waals surface area (Å²) in [4.78, 5) is 15.1. The van der Waals surface area contributed by atoms with Crippen LogP contribution in [-0.4, -0.2) is 64.7 Å². The summed E-state index contributed by atoms with van der Waals surface area (Å²) in [7, 11) is -1.96. The number of ether oxygens (including phenoxy) is 1. The van der Waals surface area contributed by atoms with E-state index in [1.165, 1.54) is 30.5 Å². The molecule has 37 heavy (non-hydrogen) atoms. The number of nitrogens with one attached hydrogen (secondary N) is 2. The lowest BCUT2D eigenvalue weighted by atomic mass is 10.1. The van der Waals surface area contributed by atoms with Gasteiger partial charge in [0.05, 0.1) is 5.69 Å². The molecule has 5 rings (SSSR count). The van der Waals surface area contributed by atoms with Crippen LogP contribution in [0.25, 0.3) is 22.4 Å². The van der Waals surface area contributed by atoms with Gasteiger partial charge in [0.25, 0.3) is 10.0 Å². The van der Waals surface area contributed by atoms with Crippen LogP contribution in [0.3, 0.4) is 0 Å². The Bertz CT molecular complexity index is 1480. The molecule has 1 aromatic carbocycles. The zero-order valence-electron chi connectivity index (χ0n) is 21.2. The number of likely N-dealkylation sites (tertiary alicyclic amines) is 1. The van der Waals surface area contributed by atoms with Crippen molar-refractivity contribution in [1.29, 1.82) is 0 Å². The van der Waals surface area contributed by atoms with Crippen molar-refractivity contribution in [1.82, 2.24) is 30.0 Å². The monoisotopic (exact) mass is 531 g/mol. The van der Waals surface area contributed by atoms with Crippen molar-refractivity contribution in [3.63, 3.8) is 0 Å². The Morgan fingerprint density at radius 2 is 1.92 bits per heavy atom. The maximum atomic E-state index is 14.9. The molecule has 1 saturated heterocycles. The Hall–Kier alpha value is -3.64. The van der Waals surface area contributed by atoms with Gasteiger partial charge in [-0.2, -0.15) is 18.5 Å². The zero-order valence-corrected chi connectivity index (χ0v) is 22.0. The Morgan fingerprint density at radius 1 is 1.16 bits per heavy atom. The van der Waals surface area contributed by atoms with E-state index >= 15 is 0 Å². The number of aryl methyl sites for hydroxylation is 1. The standard InChI is InChI=1S/C23H24FN7O3S.C2H6.2H2/c1-14-20-22(29-28-14)26-21(27-23(20)34-16-8-11-31(2)12-9-16)15-6-7-18(17(24)13-15)30-35(32,33)19-5-3-4-10-25-19;1-2;;/h3-7,10,13,16,30H,8-9,11-12H2,1-2H3,(H,26,27,28,29);1-2H3;2*1H. The predicted molar refractivity (Wildman–Crippen MR) is 144 cm³/mol. The molecule has 0 radical (unpaired) electrons. The third-order valence-corrected chi connectivity index (χ3v) is 7.17. The first-order chi connectivity index (χ1) is 17.8. The second-order valence-corrected chi connectivity index (χ2v) is 10.1. The van der Waals surface area contributed by atoms with Crippen LogP contribution < -0.4 is 9.46 Å². The first-order valence-electron chi connectivity index (χ1n) is 12.1. The van der Waals surface area contributed by atoms with Crippen molar-refractivity contribution >= 4 is 26.7 Å². The third-order valence-electron chi connectivity index (χ3n) is 5.89. The van der Waals surface area contributed by atoms with Crippen LogP contribution in [0.5, 0.6) is 5.88 Å². The average Bonchev–Trinajstić information content (AvgIpc) is 3.29. The van der Waals surface area contributed by atoms with Gasteiger partial charge in [-0.25, -0.2) is 14.4 Å². The highest BCUT2D eigenvalue weighted by Crippen LogP contribution is 2.31. The number of halogens is 1. The van der Waals surface area contributed by atoms with E-state index in [4.69, 9.17) is 4.74 Å². The highest BCUT2D eigenvalue weighted by molar-refractivity contribution is 7.92. The molecule has 3 aromatic heterocycles. The molecular weight excluding hydrogens is 497 g/mol. The smallest absolute Gasteiger partial charge is 0.279 e. The van der Waals surface area contributed by atoms with Crippen LogP contribution in [0.15, 0.2) is 47.6 Å². The predicted octanol–water partition coefficient (Wildman–Crippen LogP) is 4.65. The van der Waals surface area contributed by atoms with Crippen LogP contribution in [0.2, 0.25) is 0 Å². The Morgan fingerprint density at radius 3 is 2.59 bits per heavy atom. The molecule has 0 amide bonds. The molecule has 4 aromatic rings. The van der Waals surface area contributed by atoms with Gasteiger partial charge in [-0.15, -0.1) is 0 Å². The summed E-state index contributed by atoms with van der Waals surface area (Å²) < 4.78 is 48.5. The van der Waals surface area contributed by atoms with E-state index in [1.54, 1.807) is 12.1 Å². The van der Waals surface area contributed by atoms with E-state index in [0.29, 0.717) is 22.5 Å². The van der Waals surface area contributed by atoms with Gasteiger partial charge in [0.1, 0.15) is 17.3 Å². The minimum atomic E-state index is -4.04. The molecule has 0 spiro atoms. The minimum Gasteiger partial charge on any atom is -0.474 e. The summed E-state index contributed by atoms with van der Waals surface area (Å²) in [6.07, 6.45) is 3.09. The van der Waals surface area contributed by atoms with Crippen molar-refractivity contribution in [2.45, 2.75) is 44.7 Å². The maximum absolute atomic E-state index is 14.9. The molecule has 0 atom stereocenters. The number of hydrogen-bond donors (Lipinski definition) is 2. The first-order valence-corrected chi connectivity index (χ1v) is 13.6. The number of nitrogens with zero attached hydrogens (tertiary/aromatic N) is 5. The highest BCUT2D eigenvalue weighted by atomic mass is 32.2. The fourth-order valence-corrected chi connectivity index (χ4v) is 4.96. The number of aromatic nitrogens is 5. The largest absolute Gasteiger partial charge is 0.474 e. The number of rotatable bonds is 6. The van der Waals surface area contributed by atoms with E-state index < -0.39 is 15.8 Å². The molecule has 4 heterocycles. The van der Waals surface area contributed by atoms with E-state index in [0.717, 1.165) is 31.6 Å². The number of piperidine rings is 1. The Labute approximate surface area is 218 Å². The van der Waals surface area contributed by atoms with Crippen molar-refractivity contribution < 1.29 is 20.4 Å². The van der Waals surface area contributed by atoms with Gasteiger partial charge >= 0.3 is 0 Å². The summed E-state index contributed by atoms with van der Waals surface area (Å²) in [5.74, 6) is -0.155. The lowest BCUT2D eigenvalue weighted by Gasteiger charge is -2.29. The molecule has 10 nitrogen and oxygen atoms in total. The molecule has 2 N–H and O–H groups in total. The summed E-state index contributed by atoms with van der Waals surface area (Å²) in [6, 6.07) is 8.50. The quantitative estimate of drug-likeness (QED) is 0.368. The van der Waals surface area contributed by atoms with Crippen molar-refractivity contribution in [2.75, 3.05) is 24.9 Å². The van der Waals surface area contributed by atoms with Crippen LogP contribution in [0.1, 0.15) is 35.2 Å². The van der Waals surface area contributed by atoms with Crippen LogP contribution in [0.4, 0.5) is 10.1 Å². The SMILES string of the molecule is CC.Cc1[nH]nc2nc(-c3ccc(NS(=O)(=O)c4ccccn4)c(F)c3)nc(OC3CCN(C)CC3)c12.[HH].[HH]. The first kappa shape index (κ1) is 26.4. The second kappa shape index (κ2) is 11.2. The van der Waals surface area contributed by atoms with Crippen molar-refractivity contribution in [3.8, 4) is 17.3 Å². The third kappa shape index (κ3) is 5.86. The van der Waals surface area contributed by atoms with Gasteiger partial charge in [-0.3, -0.25) is 9.82 Å². The summed E-state index contributed by atoms with van der Waals surface area (Å²) in [6.45, 7) is 7.72. The Kier molecular flexibility index (Phi) is 7.98. The molecule has 12 heteroatoms. The highest BCUT2D eigenvalue weighted by Gasteiger charge is 2.23. The second-order valence-electron chi connectivity index (χ2n) is 8.49. The number of H-pyrrole nitrogens is 1. The van der Waals surface area contributed by atoms with E-state index in [2.05, 4.69) is 41.8 Å². The average molecular weight is 532 g/mol. The molecular formula is C25H34FN7O3S. The van der Waals surface area contributed by atoms with Crippen molar-refractivity contribution in [2.24, 2.45) is 0 Å². The fourth-order valence-electron chi connectivity index (χ4n) is 3.95. The van der Waals surface area contributed by atoms with Gasteiger partial charge in [0, 0.05) is 33.4 Å². The lowest BCUT2D eigenvalue weighted by Crippen LogP contribution is -2.35. The Balaban J connectivity index is 0.00000130. The molecule has 0 bridgehead atoms. The lowest BCUT2D eigenvalue weighted by molar-refractivity contribution is 0.111. The zero-order chi connectivity index (χ0) is 26.6. The molecule has 200 valence electrons. The summed E-state index contributed by atoms with van der Waals surface area (Å²) >= 11 is 0. The van der Waals surface area contributed by atoms with Crippen LogP contribution >= 0.6 is 0 Å². The molecule has 0 aliphatic carbocycles. The number of hydrogen-bond acceptors (Lipinski definition) is 8. The molecule has 0 saturated carbocycles. The van der Waals surface area contributed by atoms with E-state index in [9.17, 15) is 12.8 Å². The normalized spacial score (nSPS) is 14.7. The van der Waals surface area contributed by atoms with Crippen LogP contribution in [0, 0.1) is 12.7 Å².